The summed E-state index contributed by atoms with van der Waals surface area (Å²) in [5, 5.41) is 6.50. The summed E-state index contributed by atoms with van der Waals surface area (Å²) in [6, 6.07) is 11.7. The van der Waals surface area contributed by atoms with E-state index < -0.39 is 6.61 Å². The third-order valence-electron chi connectivity index (χ3n) is 4.63. The number of rotatable bonds is 13. The number of ether oxygens (including phenoxy) is 2. The van der Waals surface area contributed by atoms with E-state index in [1.807, 2.05) is 12.1 Å². The number of carbonyl (C=O) groups is 1. The van der Waals surface area contributed by atoms with Crippen LogP contribution in [-0.4, -0.2) is 45.4 Å². The fourth-order valence-corrected chi connectivity index (χ4v) is 3.19. The molecular weight excluding hydrogens is 426 g/mol. The van der Waals surface area contributed by atoms with E-state index in [0.29, 0.717) is 36.8 Å². The molecule has 0 aromatic heterocycles. The predicted octanol–water partition coefficient (Wildman–Crippen LogP) is 4.67. The van der Waals surface area contributed by atoms with Gasteiger partial charge < -0.3 is 20.1 Å². The number of nitrogens with one attached hydrogen (secondary N) is 2. The van der Waals surface area contributed by atoms with Gasteiger partial charge in [-0.1, -0.05) is 37.1 Å². The van der Waals surface area contributed by atoms with Gasteiger partial charge in [-0.3, -0.25) is 4.79 Å². The van der Waals surface area contributed by atoms with Crippen molar-refractivity contribution < 1.29 is 23.0 Å². The van der Waals surface area contributed by atoms with Gasteiger partial charge in [0.1, 0.15) is 5.75 Å². The van der Waals surface area contributed by atoms with Crippen molar-refractivity contribution in [3.63, 3.8) is 0 Å². The molecule has 0 bridgehead atoms. The summed E-state index contributed by atoms with van der Waals surface area (Å²) in [6.45, 7) is 0.580. The molecule has 5 nitrogen and oxygen atoms in total. The molecule has 0 aliphatic heterocycles. The summed E-state index contributed by atoms with van der Waals surface area (Å²) in [7, 11) is 1.79. The van der Waals surface area contributed by atoms with Crippen LogP contribution in [0.15, 0.2) is 42.5 Å². The van der Waals surface area contributed by atoms with Gasteiger partial charge in [0.05, 0.1) is 6.61 Å². The normalized spacial score (nSPS) is 12.1. The fraction of sp³-hybridized carbons (Fsp3) is 0.435. The molecule has 0 saturated carbocycles. The van der Waals surface area contributed by atoms with Crippen LogP contribution in [0.5, 0.6) is 5.75 Å². The minimum atomic E-state index is -2.98. The van der Waals surface area contributed by atoms with Crippen molar-refractivity contribution in [2.24, 2.45) is 0 Å². The number of hydrogen-bond acceptors (Lipinski definition) is 4. The molecule has 8 heteroatoms. The van der Waals surface area contributed by atoms with Crippen molar-refractivity contribution in [1.82, 2.24) is 10.6 Å². The third-order valence-corrected chi connectivity index (χ3v) is 4.86. The van der Waals surface area contributed by atoms with Crippen LogP contribution >= 0.6 is 11.6 Å². The van der Waals surface area contributed by atoms with Crippen molar-refractivity contribution in [1.29, 1.82) is 0 Å². The van der Waals surface area contributed by atoms with Crippen LogP contribution in [0.3, 0.4) is 0 Å². The Labute approximate surface area is 187 Å². The van der Waals surface area contributed by atoms with Crippen LogP contribution < -0.4 is 15.4 Å². The Balaban J connectivity index is 2.09. The second kappa shape index (κ2) is 13.2. The van der Waals surface area contributed by atoms with Gasteiger partial charge >= 0.3 is 6.61 Å². The molecule has 2 N–H and O–H groups in total. The van der Waals surface area contributed by atoms with Gasteiger partial charge in [-0.15, -0.1) is 0 Å². The van der Waals surface area contributed by atoms with Gasteiger partial charge in [0.25, 0.3) is 5.91 Å². The quantitative estimate of drug-likeness (QED) is 0.432. The van der Waals surface area contributed by atoms with Crippen LogP contribution in [-0.2, 0) is 11.2 Å². The number of hydrogen-bond donors (Lipinski definition) is 2. The topological polar surface area (TPSA) is 59.6 Å². The summed E-state index contributed by atoms with van der Waals surface area (Å²) in [4.78, 5) is 12.7. The van der Waals surface area contributed by atoms with Crippen molar-refractivity contribution in [2.75, 3.05) is 26.8 Å². The van der Waals surface area contributed by atoms with E-state index in [9.17, 15) is 13.6 Å². The molecule has 0 aliphatic carbocycles. The molecule has 0 fully saturated rings. The first-order chi connectivity index (χ1) is 14.9. The highest BCUT2D eigenvalue weighted by molar-refractivity contribution is 6.30. The average Bonchev–Trinajstić information content (AvgIpc) is 2.72. The molecule has 2 aromatic rings. The number of alkyl halides is 2. The molecule has 0 heterocycles. The zero-order valence-electron chi connectivity index (χ0n) is 17.8. The van der Waals surface area contributed by atoms with E-state index >= 15 is 0 Å². The van der Waals surface area contributed by atoms with Gasteiger partial charge in [0.15, 0.2) is 0 Å². The molecular formula is C23H29ClF2N2O3. The number of carbonyl (C=O) groups excluding carboxylic acids is 1. The maximum atomic E-state index is 12.8. The highest BCUT2D eigenvalue weighted by Gasteiger charge is 2.14. The van der Waals surface area contributed by atoms with E-state index in [4.69, 9.17) is 16.3 Å². The SMILES string of the molecule is CCCCOCC(CNC(=O)c1cc(Cc2cccc(Cl)c2)cc(OC(F)F)c1)NC. The smallest absolute Gasteiger partial charge is 0.387 e. The highest BCUT2D eigenvalue weighted by atomic mass is 35.5. The van der Waals surface area contributed by atoms with Crippen molar-refractivity contribution >= 4 is 17.5 Å². The summed E-state index contributed by atoms with van der Waals surface area (Å²) in [5.41, 5.74) is 1.81. The molecule has 1 unspecified atom stereocenters. The van der Waals surface area contributed by atoms with E-state index in [1.165, 1.54) is 12.1 Å². The molecule has 1 atom stereocenters. The molecule has 1 amide bonds. The molecule has 0 spiro atoms. The van der Waals surface area contributed by atoms with Crippen molar-refractivity contribution in [2.45, 2.75) is 38.8 Å². The lowest BCUT2D eigenvalue weighted by atomic mass is 10.0. The van der Waals surface area contributed by atoms with Gasteiger partial charge in [0, 0.05) is 29.8 Å². The maximum Gasteiger partial charge on any atom is 0.387 e. The Morgan fingerprint density at radius 3 is 2.65 bits per heavy atom. The number of unbranched alkanes of at least 4 members (excludes halogenated alkanes) is 1. The number of halogens is 3. The van der Waals surface area contributed by atoms with E-state index in [-0.39, 0.29) is 23.3 Å². The van der Waals surface area contributed by atoms with Gasteiger partial charge in [-0.25, -0.2) is 0 Å². The Morgan fingerprint density at radius 2 is 1.97 bits per heavy atom. The Kier molecular flexibility index (Phi) is 10.7. The lowest BCUT2D eigenvalue weighted by molar-refractivity contribution is -0.0499. The molecule has 2 aromatic carbocycles. The zero-order valence-corrected chi connectivity index (χ0v) is 18.6. The van der Waals surface area contributed by atoms with Crippen LogP contribution in [0.1, 0.15) is 41.3 Å². The monoisotopic (exact) mass is 454 g/mol. The molecule has 170 valence electrons. The first-order valence-electron chi connectivity index (χ1n) is 10.3. The average molecular weight is 455 g/mol. The Bertz CT molecular complexity index is 836. The van der Waals surface area contributed by atoms with Crippen LogP contribution in [0.25, 0.3) is 0 Å². The highest BCUT2D eigenvalue weighted by Crippen LogP contribution is 2.23. The fourth-order valence-electron chi connectivity index (χ4n) is 2.98. The lowest BCUT2D eigenvalue weighted by Crippen LogP contribution is -2.42. The standard InChI is InChI=1S/C23H29ClF2N2O3/c1-3-4-8-30-15-20(27-2)14-28-22(29)18-10-17(12-21(13-18)31-23(25)26)9-16-6-5-7-19(24)11-16/h5-7,10-13,20,23,27H,3-4,8-9,14-15H2,1-2H3,(H,28,29). The first kappa shape index (κ1) is 25.0. The minimum Gasteiger partial charge on any atom is -0.435 e. The van der Waals surface area contributed by atoms with E-state index in [1.54, 1.807) is 25.2 Å². The predicted molar refractivity (Wildman–Crippen MR) is 118 cm³/mol. The Hall–Kier alpha value is -2.22. The molecule has 0 aliphatic rings. The lowest BCUT2D eigenvalue weighted by Gasteiger charge is -2.17. The van der Waals surface area contributed by atoms with Crippen molar-refractivity contribution in [3.05, 3.63) is 64.2 Å². The number of amides is 1. The third kappa shape index (κ3) is 9.21. The number of likely N-dealkylation sites (N-methyl/N-ethyl adjacent to an activating group) is 1. The molecule has 31 heavy (non-hydrogen) atoms. The Morgan fingerprint density at radius 1 is 1.16 bits per heavy atom. The van der Waals surface area contributed by atoms with Gasteiger partial charge in [-0.05, 0) is 61.3 Å². The van der Waals surface area contributed by atoms with Crippen LogP contribution in [0.2, 0.25) is 5.02 Å². The summed E-state index contributed by atoms with van der Waals surface area (Å²) >= 11 is 6.03. The van der Waals surface area contributed by atoms with Gasteiger partial charge in [-0.2, -0.15) is 8.78 Å². The van der Waals surface area contributed by atoms with Gasteiger partial charge in [0.2, 0.25) is 0 Å². The van der Waals surface area contributed by atoms with E-state index in [2.05, 4.69) is 22.3 Å². The molecule has 2 rings (SSSR count). The van der Waals surface area contributed by atoms with Crippen molar-refractivity contribution in [3.8, 4) is 5.75 Å². The summed E-state index contributed by atoms with van der Waals surface area (Å²) < 4.78 is 35.7. The van der Waals surface area contributed by atoms with Crippen LogP contribution in [0.4, 0.5) is 8.78 Å². The largest absolute Gasteiger partial charge is 0.435 e. The molecule has 0 radical (unpaired) electrons. The summed E-state index contributed by atoms with van der Waals surface area (Å²) in [6.07, 6.45) is 2.45. The minimum absolute atomic E-state index is 0.0623. The second-order valence-corrected chi connectivity index (χ2v) is 7.61. The number of benzene rings is 2. The first-order valence-corrected chi connectivity index (χ1v) is 10.7. The molecule has 0 saturated heterocycles. The zero-order chi connectivity index (χ0) is 22.6. The maximum absolute atomic E-state index is 12.8. The van der Waals surface area contributed by atoms with E-state index in [0.717, 1.165) is 18.4 Å². The second-order valence-electron chi connectivity index (χ2n) is 7.17. The van der Waals surface area contributed by atoms with Crippen LogP contribution in [0, 0.1) is 0 Å². The summed E-state index contributed by atoms with van der Waals surface area (Å²) in [5.74, 6) is -0.436.